The summed E-state index contributed by atoms with van der Waals surface area (Å²) in [5, 5.41) is 13.4. The lowest BCUT2D eigenvalue weighted by Crippen LogP contribution is -2.06. The molecule has 1 heterocycles. The van der Waals surface area contributed by atoms with E-state index in [9.17, 15) is 4.79 Å². The quantitative estimate of drug-likeness (QED) is 0.944. The minimum absolute atomic E-state index is 0.0115. The second-order valence-electron chi connectivity index (χ2n) is 4.57. The molecule has 0 fully saturated rings. The first-order valence-electron chi connectivity index (χ1n) is 5.91. The average molecular weight is 323 g/mol. The first-order chi connectivity index (χ1) is 8.90. The number of rotatable bonds is 3. The van der Waals surface area contributed by atoms with Crippen molar-refractivity contribution in [3.63, 3.8) is 0 Å². The molecule has 5 heteroatoms. The van der Waals surface area contributed by atoms with Crippen LogP contribution in [0.15, 0.2) is 22.7 Å². The number of benzene rings is 1. The van der Waals surface area contributed by atoms with Gasteiger partial charge in [0.15, 0.2) is 0 Å². The summed E-state index contributed by atoms with van der Waals surface area (Å²) >= 11 is 3.46. The summed E-state index contributed by atoms with van der Waals surface area (Å²) in [6.45, 7) is 3.94. The lowest BCUT2D eigenvalue weighted by Gasteiger charge is -2.04. The highest BCUT2D eigenvalue weighted by Gasteiger charge is 2.17. The number of aromatic nitrogens is 2. The zero-order valence-corrected chi connectivity index (χ0v) is 12.7. The zero-order chi connectivity index (χ0) is 14.2. The molecule has 0 aliphatic heterocycles. The van der Waals surface area contributed by atoms with Gasteiger partial charge in [0.25, 0.3) is 0 Å². The fraction of sp³-hybridized carbons (Fsp3) is 0.286. The van der Waals surface area contributed by atoms with Gasteiger partial charge < -0.3 is 5.11 Å². The van der Waals surface area contributed by atoms with Crippen molar-refractivity contribution in [3.05, 3.63) is 39.5 Å². The molecule has 0 unspecified atom stereocenters. The van der Waals surface area contributed by atoms with Crippen LogP contribution in [0, 0.1) is 13.8 Å². The van der Waals surface area contributed by atoms with Gasteiger partial charge in [0.05, 0.1) is 17.8 Å². The molecule has 1 N–H and O–H groups in total. The van der Waals surface area contributed by atoms with Gasteiger partial charge >= 0.3 is 5.97 Å². The molecule has 0 radical (unpaired) electrons. The van der Waals surface area contributed by atoms with Crippen LogP contribution in [-0.2, 0) is 18.3 Å². The van der Waals surface area contributed by atoms with Gasteiger partial charge in [-0.15, -0.1) is 0 Å². The smallest absolute Gasteiger partial charge is 0.309 e. The summed E-state index contributed by atoms with van der Waals surface area (Å²) in [6, 6.07) is 6.01. The number of hydrogen-bond donors (Lipinski definition) is 1. The van der Waals surface area contributed by atoms with E-state index in [0.717, 1.165) is 32.6 Å². The summed E-state index contributed by atoms with van der Waals surface area (Å²) in [5.41, 5.74) is 4.65. The Morgan fingerprint density at radius 1 is 1.42 bits per heavy atom. The fourth-order valence-corrected chi connectivity index (χ4v) is 2.52. The molecule has 0 aliphatic rings. The molecule has 0 saturated heterocycles. The topological polar surface area (TPSA) is 55.1 Å². The largest absolute Gasteiger partial charge is 0.481 e. The van der Waals surface area contributed by atoms with Gasteiger partial charge in [-0.1, -0.05) is 22.0 Å². The molecule has 2 aromatic rings. The van der Waals surface area contributed by atoms with E-state index in [1.807, 2.05) is 32.0 Å². The van der Waals surface area contributed by atoms with E-state index < -0.39 is 5.97 Å². The van der Waals surface area contributed by atoms with Crippen molar-refractivity contribution in [2.75, 3.05) is 0 Å². The third-order valence-corrected chi connectivity index (χ3v) is 3.70. The third kappa shape index (κ3) is 2.71. The van der Waals surface area contributed by atoms with Crippen molar-refractivity contribution in [1.29, 1.82) is 0 Å². The summed E-state index contributed by atoms with van der Waals surface area (Å²) in [7, 11) is 1.78. The van der Waals surface area contributed by atoms with Crippen LogP contribution < -0.4 is 0 Å². The summed E-state index contributed by atoms with van der Waals surface area (Å²) in [5.74, 6) is -0.844. The van der Waals surface area contributed by atoms with Crippen molar-refractivity contribution >= 4 is 21.9 Å². The highest BCUT2D eigenvalue weighted by atomic mass is 79.9. The van der Waals surface area contributed by atoms with Crippen molar-refractivity contribution in [3.8, 4) is 11.3 Å². The van der Waals surface area contributed by atoms with Gasteiger partial charge in [0, 0.05) is 17.1 Å². The van der Waals surface area contributed by atoms with Crippen LogP contribution in [0.4, 0.5) is 0 Å². The van der Waals surface area contributed by atoms with Crippen molar-refractivity contribution < 1.29 is 9.90 Å². The summed E-state index contributed by atoms with van der Waals surface area (Å²) in [4.78, 5) is 10.9. The molecule has 19 heavy (non-hydrogen) atoms. The van der Waals surface area contributed by atoms with E-state index in [2.05, 4.69) is 21.0 Å². The van der Waals surface area contributed by atoms with E-state index in [4.69, 9.17) is 5.11 Å². The Morgan fingerprint density at radius 2 is 2.11 bits per heavy atom. The molecule has 0 amide bonds. The van der Waals surface area contributed by atoms with Crippen LogP contribution in [0.3, 0.4) is 0 Å². The second kappa shape index (κ2) is 5.17. The minimum Gasteiger partial charge on any atom is -0.481 e. The second-order valence-corrected chi connectivity index (χ2v) is 5.49. The van der Waals surface area contributed by atoms with Crippen LogP contribution in [0.2, 0.25) is 0 Å². The molecule has 0 aliphatic carbocycles. The van der Waals surface area contributed by atoms with E-state index in [-0.39, 0.29) is 6.42 Å². The van der Waals surface area contributed by atoms with E-state index in [0.29, 0.717) is 0 Å². The maximum absolute atomic E-state index is 10.9. The van der Waals surface area contributed by atoms with Crippen LogP contribution in [-0.4, -0.2) is 20.9 Å². The number of carboxylic acids is 1. The van der Waals surface area contributed by atoms with E-state index >= 15 is 0 Å². The van der Waals surface area contributed by atoms with Gasteiger partial charge in [-0.25, -0.2) is 0 Å². The molecular weight excluding hydrogens is 308 g/mol. The molecular formula is C14H15BrN2O2. The number of aryl methyl sites for hydroxylation is 2. The Bertz CT molecular complexity index is 647. The first kappa shape index (κ1) is 13.8. The maximum Gasteiger partial charge on any atom is 0.309 e. The van der Waals surface area contributed by atoms with Crippen LogP contribution in [0.25, 0.3) is 11.3 Å². The first-order valence-corrected chi connectivity index (χ1v) is 6.70. The molecule has 0 bridgehead atoms. The van der Waals surface area contributed by atoms with Gasteiger partial charge in [-0.3, -0.25) is 9.48 Å². The molecule has 0 atom stereocenters. The molecule has 2 rings (SSSR count). The molecule has 100 valence electrons. The number of hydrogen-bond acceptors (Lipinski definition) is 2. The predicted octanol–water partition coefficient (Wildman–Crippen LogP) is 3.09. The Labute approximate surface area is 120 Å². The maximum atomic E-state index is 10.9. The molecule has 0 saturated carbocycles. The number of carboxylic acid groups (broad SMARTS) is 1. The molecule has 4 nitrogen and oxygen atoms in total. The van der Waals surface area contributed by atoms with Crippen LogP contribution >= 0.6 is 15.9 Å². The minimum atomic E-state index is -0.844. The monoisotopic (exact) mass is 322 g/mol. The summed E-state index contributed by atoms with van der Waals surface area (Å²) in [6.07, 6.45) is -0.0115. The number of halogens is 1. The standard InChI is InChI=1S/C14H15BrN2O2/c1-8-4-5-10(15)6-11(8)14-9(2)12(7-13(18)19)17(3)16-14/h4-6H,7H2,1-3H3,(H,18,19). The Morgan fingerprint density at radius 3 is 2.74 bits per heavy atom. The van der Waals surface area contributed by atoms with E-state index in [1.165, 1.54) is 0 Å². The van der Waals surface area contributed by atoms with Crippen molar-refractivity contribution in [2.24, 2.45) is 7.05 Å². The van der Waals surface area contributed by atoms with Crippen molar-refractivity contribution in [1.82, 2.24) is 9.78 Å². The number of nitrogens with zero attached hydrogens (tertiary/aromatic N) is 2. The van der Waals surface area contributed by atoms with E-state index in [1.54, 1.807) is 11.7 Å². The normalized spacial score (nSPS) is 10.7. The highest BCUT2D eigenvalue weighted by molar-refractivity contribution is 9.10. The molecule has 0 spiro atoms. The zero-order valence-electron chi connectivity index (χ0n) is 11.1. The fourth-order valence-electron chi connectivity index (χ4n) is 2.16. The van der Waals surface area contributed by atoms with Crippen molar-refractivity contribution in [2.45, 2.75) is 20.3 Å². The third-order valence-electron chi connectivity index (χ3n) is 3.20. The average Bonchev–Trinajstić information content (AvgIpc) is 2.60. The number of carbonyl (C=O) groups is 1. The SMILES string of the molecule is Cc1ccc(Br)cc1-c1nn(C)c(CC(=O)O)c1C. The summed E-state index contributed by atoms with van der Waals surface area (Å²) < 4.78 is 2.64. The van der Waals surface area contributed by atoms with Gasteiger partial charge in [-0.2, -0.15) is 5.10 Å². The van der Waals surface area contributed by atoms with Gasteiger partial charge in [0.2, 0.25) is 0 Å². The molecule has 1 aromatic carbocycles. The highest BCUT2D eigenvalue weighted by Crippen LogP contribution is 2.29. The molecule has 1 aromatic heterocycles. The predicted molar refractivity (Wildman–Crippen MR) is 77.2 cm³/mol. The van der Waals surface area contributed by atoms with Gasteiger partial charge in [-0.05, 0) is 37.1 Å². The lowest BCUT2D eigenvalue weighted by atomic mass is 10.0. The Hall–Kier alpha value is -1.62. The number of aliphatic carboxylic acids is 1. The van der Waals surface area contributed by atoms with Crippen LogP contribution in [0.5, 0.6) is 0 Å². The Balaban J connectivity index is 2.57. The Kier molecular flexibility index (Phi) is 3.75. The lowest BCUT2D eigenvalue weighted by molar-refractivity contribution is -0.136. The van der Waals surface area contributed by atoms with Crippen LogP contribution in [0.1, 0.15) is 16.8 Å². The van der Waals surface area contributed by atoms with Gasteiger partial charge in [0.1, 0.15) is 0 Å².